The Kier molecular flexibility index (Phi) is 6.91. The molecule has 0 radical (unpaired) electrons. The maximum absolute atomic E-state index is 12.1. The van der Waals surface area contributed by atoms with Gasteiger partial charge in [-0.1, -0.05) is 65.9 Å². The Balaban J connectivity index is 1.43. The molecule has 0 saturated heterocycles. The van der Waals surface area contributed by atoms with Gasteiger partial charge in [-0.3, -0.25) is 10.0 Å². The number of hydroxylamine groups is 1. The number of fused-ring (bicyclic) bond motifs is 1. The van der Waals surface area contributed by atoms with E-state index in [1.807, 2.05) is 54.6 Å². The molecule has 0 spiro atoms. The van der Waals surface area contributed by atoms with E-state index < -0.39 is 5.91 Å². The highest BCUT2D eigenvalue weighted by Crippen LogP contribution is 2.22. The smallest absolute Gasteiger partial charge is 0.319 e. The third-order valence-electron chi connectivity index (χ3n) is 5.22. The number of nitrogens with one attached hydrogen (secondary N) is 3. The summed E-state index contributed by atoms with van der Waals surface area (Å²) in [5, 5.41) is 25.0. The number of hydrogen-bond donors (Lipinski definition) is 4. The maximum atomic E-state index is 12.1. The van der Waals surface area contributed by atoms with Crippen LogP contribution in [0, 0.1) is 0 Å². The summed E-state index contributed by atoms with van der Waals surface area (Å²) in [5.41, 5.74) is 3.95. The first-order valence-corrected chi connectivity index (χ1v) is 10.5. The molecule has 4 N–H and O–H groups in total. The van der Waals surface area contributed by atoms with E-state index in [4.69, 9.17) is 5.21 Å². The van der Waals surface area contributed by atoms with Crippen LogP contribution in [0.5, 0.6) is 0 Å². The Labute approximate surface area is 190 Å². The minimum absolute atomic E-state index is 0.0219. The summed E-state index contributed by atoms with van der Waals surface area (Å²) >= 11 is 0. The molecule has 1 aromatic heterocycles. The quantitative estimate of drug-likeness (QED) is 0.245. The Morgan fingerprint density at radius 2 is 1.73 bits per heavy atom. The van der Waals surface area contributed by atoms with E-state index in [1.165, 1.54) is 0 Å². The van der Waals surface area contributed by atoms with Gasteiger partial charge in [-0.05, 0) is 34.9 Å². The molecule has 0 saturated carbocycles. The number of anilines is 1. The van der Waals surface area contributed by atoms with Crippen LogP contribution in [0.25, 0.3) is 10.8 Å². The molecule has 0 aliphatic rings. The third-order valence-corrected chi connectivity index (χ3v) is 5.22. The standard InChI is InChI=1S/C24H24N6O3/c31-23(28-33)14-22(13-17-10-11-18-6-4-5-7-19(18)12-17)30-16-21(27-29-30)15-25-24(32)26-20-8-2-1-3-9-20/h1-12,16,22,33H,13-15H2,(H,28,31)(H2,25,26,32). The molecule has 4 aromatic rings. The van der Waals surface area contributed by atoms with Crippen molar-refractivity contribution in [3.05, 3.63) is 90.3 Å². The fourth-order valence-electron chi connectivity index (χ4n) is 3.60. The number of rotatable bonds is 8. The summed E-state index contributed by atoms with van der Waals surface area (Å²) in [4.78, 5) is 24.0. The number of urea groups is 1. The van der Waals surface area contributed by atoms with E-state index in [2.05, 4.69) is 27.0 Å². The average Bonchev–Trinajstić information content (AvgIpc) is 3.32. The van der Waals surface area contributed by atoms with Crippen molar-refractivity contribution in [3.8, 4) is 0 Å². The Morgan fingerprint density at radius 3 is 2.52 bits per heavy atom. The SMILES string of the molecule is O=C(CC(Cc1ccc2ccccc2c1)n1cc(CNC(=O)Nc2ccccc2)nn1)NO. The predicted octanol–water partition coefficient (Wildman–Crippen LogP) is 3.43. The van der Waals surface area contributed by atoms with Crippen molar-refractivity contribution in [1.82, 2.24) is 25.8 Å². The predicted molar refractivity (Wildman–Crippen MR) is 124 cm³/mol. The molecule has 4 rings (SSSR count). The summed E-state index contributed by atoms with van der Waals surface area (Å²) in [6.07, 6.45) is 2.23. The lowest BCUT2D eigenvalue weighted by atomic mass is 10.00. The van der Waals surface area contributed by atoms with Crippen molar-refractivity contribution in [2.24, 2.45) is 0 Å². The highest BCUT2D eigenvalue weighted by molar-refractivity contribution is 5.89. The molecule has 0 bridgehead atoms. The zero-order valence-corrected chi connectivity index (χ0v) is 17.8. The molecule has 0 aliphatic carbocycles. The van der Waals surface area contributed by atoms with Gasteiger partial charge in [0.05, 0.1) is 25.2 Å². The molecule has 3 amide bonds. The molecule has 1 heterocycles. The van der Waals surface area contributed by atoms with Crippen LogP contribution >= 0.6 is 0 Å². The summed E-state index contributed by atoms with van der Waals surface area (Å²) in [7, 11) is 0. The van der Waals surface area contributed by atoms with E-state index in [1.54, 1.807) is 28.5 Å². The highest BCUT2D eigenvalue weighted by Gasteiger charge is 2.19. The number of para-hydroxylation sites is 1. The second-order valence-corrected chi connectivity index (χ2v) is 7.64. The topological polar surface area (TPSA) is 121 Å². The van der Waals surface area contributed by atoms with Crippen LogP contribution in [0.3, 0.4) is 0 Å². The maximum Gasteiger partial charge on any atom is 0.319 e. The fraction of sp³-hybridized carbons (Fsp3) is 0.167. The monoisotopic (exact) mass is 444 g/mol. The summed E-state index contributed by atoms with van der Waals surface area (Å²) in [6, 6.07) is 22.6. The molecule has 0 aliphatic heterocycles. The Morgan fingerprint density at radius 1 is 0.970 bits per heavy atom. The normalized spacial score (nSPS) is 11.7. The molecule has 1 atom stereocenters. The zero-order valence-electron chi connectivity index (χ0n) is 17.8. The van der Waals surface area contributed by atoms with Crippen LogP contribution in [-0.2, 0) is 17.8 Å². The van der Waals surface area contributed by atoms with Crippen molar-refractivity contribution in [1.29, 1.82) is 0 Å². The highest BCUT2D eigenvalue weighted by atomic mass is 16.5. The summed E-state index contributed by atoms with van der Waals surface area (Å²) in [5.74, 6) is -0.516. The van der Waals surface area contributed by atoms with Crippen molar-refractivity contribution in [3.63, 3.8) is 0 Å². The number of carbonyl (C=O) groups is 2. The number of amides is 3. The van der Waals surface area contributed by atoms with Gasteiger partial charge in [0.15, 0.2) is 0 Å². The number of aromatic nitrogens is 3. The fourth-order valence-corrected chi connectivity index (χ4v) is 3.60. The first kappa shape index (κ1) is 22.0. The number of carbonyl (C=O) groups excluding carboxylic acids is 2. The van der Waals surface area contributed by atoms with Crippen LogP contribution in [0.1, 0.15) is 23.7 Å². The Bertz CT molecular complexity index is 1240. The minimum Gasteiger partial charge on any atom is -0.332 e. The lowest BCUT2D eigenvalue weighted by molar-refractivity contribution is -0.130. The van der Waals surface area contributed by atoms with Gasteiger partial charge in [0.25, 0.3) is 0 Å². The van der Waals surface area contributed by atoms with E-state index >= 15 is 0 Å². The average molecular weight is 444 g/mol. The number of hydrogen-bond acceptors (Lipinski definition) is 5. The van der Waals surface area contributed by atoms with Crippen LogP contribution in [0.4, 0.5) is 10.5 Å². The molecule has 33 heavy (non-hydrogen) atoms. The molecule has 1 unspecified atom stereocenters. The lowest BCUT2D eigenvalue weighted by Gasteiger charge is -2.16. The number of benzene rings is 3. The van der Waals surface area contributed by atoms with Gasteiger partial charge in [0.2, 0.25) is 5.91 Å². The molecule has 9 nitrogen and oxygen atoms in total. The second-order valence-electron chi connectivity index (χ2n) is 7.64. The van der Waals surface area contributed by atoms with Crippen LogP contribution in [-0.4, -0.2) is 32.1 Å². The van der Waals surface area contributed by atoms with E-state index in [-0.39, 0.29) is 25.0 Å². The molecular formula is C24H24N6O3. The van der Waals surface area contributed by atoms with Crippen LogP contribution in [0.15, 0.2) is 79.0 Å². The zero-order chi connectivity index (χ0) is 23.0. The van der Waals surface area contributed by atoms with Crippen molar-refractivity contribution in [2.45, 2.75) is 25.4 Å². The summed E-state index contributed by atoms with van der Waals surface area (Å²) < 4.78 is 1.59. The van der Waals surface area contributed by atoms with Crippen molar-refractivity contribution >= 4 is 28.4 Å². The molecule has 0 fully saturated rings. The van der Waals surface area contributed by atoms with Crippen molar-refractivity contribution < 1.29 is 14.8 Å². The largest absolute Gasteiger partial charge is 0.332 e. The van der Waals surface area contributed by atoms with Gasteiger partial charge in [-0.25, -0.2) is 15.0 Å². The molecule has 3 aromatic carbocycles. The van der Waals surface area contributed by atoms with Gasteiger partial charge in [0, 0.05) is 5.69 Å². The third kappa shape index (κ3) is 5.92. The Hall–Kier alpha value is -4.24. The van der Waals surface area contributed by atoms with Gasteiger partial charge in [-0.2, -0.15) is 0 Å². The second kappa shape index (κ2) is 10.4. The van der Waals surface area contributed by atoms with Crippen molar-refractivity contribution in [2.75, 3.05) is 5.32 Å². The minimum atomic E-state index is -0.516. The van der Waals surface area contributed by atoms with E-state index in [9.17, 15) is 9.59 Å². The van der Waals surface area contributed by atoms with E-state index in [0.29, 0.717) is 17.8 Å². The van der Waals surface area contributed by atoms with E-state index in [0.717, 1.165) is 16.3 Å². The lowest BCUT2D eigenvalue weighted by Crippen LogP contribution is -2.28. The van der Waals surface area contributed by atoms with Gasteiger partial charge in [0.1, 0.15) is 5.69 Å². The first-order valence-electron chi connectivity index (χ1n) is 10.5. The summed E-state index contributed by atoms with van der Waals surface area (Å²) in [6.45, 7) is 0.174. The molecule has 9 heteroatoms. The van der Waals surface area contributed by atoms with Gasteiger partial charge >= 0.3 is 6.03 Å². The van der Waals surface area contributed by atoms with Crippen LogP contribution < -0.4 is 16.1 Å². The van der Waals surface area contributed by atoms with Gasteiger partial charge < -0.3 is 10.6 Å². The molecular weight excluding hydrogens is 420 g/mol. The number of nitrogens with zero attached hydrogens (tertiary/aromatic N) is 3. The van der Waals surface area contributed by atoms with Gasteiger partial charge in [-0.15, -0.1) is 5.10 Å². The first-order chi connectivity index (χ1) is 16.1. The molecule has 168 valence electrons. The van der Waals surface area contributed by atoms with Crippen LogP contribution in [0.2, 0.25) is 0 Å².